The summed E-state index contributed by atoms with van der Waals surface area (Å²) in [7, 11) is 0. The molecule has 4 aliphatic rings. The van der Waals surface area contributed by atoms with Crippen molar-refractivity contribution in [2.75, 3.05) is 50.3 Å². The van der Waals surface area contributed by atoms with Crippen LogP contribution in [0.2, 0.25) is 0 Å². The first-order valence-electron chi connectivity index (χ1n) is 20.5. The van der Waals surface area contributed by atoms with E-state index in [0.29, 0.717) is 52.5 Å². The zero-order valence-corrected chi connectivity index (χ0v) is 33.5. The molecule has 19 nitrogen and oxygen atoms in total. The SMILES string of the molecule is O=C1CCC(N2C(=O)c3cccc(NC(=O)CCCCCOCCOCCOCCCCCC(=O)Nc4cccc5c4C(=O)N(C4CCC(=O)NC4=O)C5=O)c3C2=O)C(=O)N1. The number of hydrogen-bond acceptors (Lipinski definition) is 13. The third-order valence-corrected chi connectivity index (χ3v) is 10.6. The van der Waals surface area contributed by atoms with Gasteiger partial charge in [0.05, 0.1) is 60.1 Å². The van der Waals surface area contributed by atoms with E-state index in [9.17, 15) is 47.9 Å². The molecule has 4 N–H and O–H groups in total. The molecule has 19 heteroatoms. The van der Waals surface area contributed by atoms with E-state index in [1.807, 2.05) is 0 Å². The van der Waals surface area contributed by atoms with Crippen LogP contribution in [-0.4, -0.2) is 121 Å². The van der Waals surface area contributed by atoms with Gasteiger partial charge in [-0.2, -0.15) is 0 Å². The topological polar surface area (TPSA) is 253 Å². The number of benzene rings is 2. The van der Waals surface area contributed by atoms with Crippen LogP contribution in [-0.2, 0) is 43.0 Å². The number of hydrogen-bond donors (Lipinski definition) is 4. The number of amides is 10. The molecule has 2 unspecified atom stereocenters. The Balaban J connectivity index is 0.752. The normalized spacial score (nSPS) is 18.6. The van der Waals surface area contributed by atoms with E-state index in [1.54, 1.807) is 12.1 Å². The van der Waals surface area contributed by atoms with Crippen LogP contribution in [0.4, 0.5) is 11.4 Å². The summed E-state index contributed by atoms with van der Waals surface area (Å²) in [6.45, 7) is 2.57. The Morgan fingerprint density at radius 1 is 0.525 bits per heavy atom. The highest BCUT2D eigenvalue weighted by Gasteiger charge is 2.47. The molecule has 2 saturated heterocycles. The van der Waals surface area contributed by atoms with E-state index in [1.165, 1.54) is 24.3 Å². The molecule has 2 fully saturated rings. The summed E-state index contributed by atoms with van der Waals surface area (Å²) < 4.78 is 16.7. The fourth-order valence-electron chi connectivity index (χ4n) is 7.54. The number of unbranched alkanes of at least 4 members (excludes halogenated alkanes) is 4. The van der Waals surface area contributed by atoms with Gasteiger partial charge in [0.2, 0.25) is 35.4 Å². The Bertz CT molecular complexity index is 1960. The third-order valence-electron chi connectivity index (χ3n) is 10.6. The highest BCUT2D eigenvalue weighted by molar-refractivity contribution is 6.27. The first-order valence-corrected chi connectivity index (χ1v) is 20.5. The first-order chi connectivity index (χ1) is 29.5. The predicted octanol–water partition coefficient (Wildman–Crippen LogP) is 2.24. The van der Waals surface area contributed by atoms with E-state index in [0.717, 1.165) is 35.5 Å². The Kier molecular flexibility index (Phi) is 15.2. The van der Waals surface area contributed by atoms with Crippen LogP contribution in [0.15, 0.2) is 36.4 Å². The van der Waals surface area contributed by atoms with Crippen molar-refractivity contribution in [1.29, 1.82) is 0 Å². The molecule has 4 heterocycles. The maximum absolute atomic E-state index is 13.2. The molecule has 61 heavy (non-hydrogen) atoms. The first kappa shape index (κ1) is 44.4. The average Bonchev–Trinajstić information content (AvgIpc) is 3.63. The van der Waals surface area contributed by atoms with E-state index in [-0.39, 0.29) is 84.0 Å². The highest BCUT2D eigenvalue weighted by atomic mass is 16.5. The van der Waals surface area contributed by atoms with Crippen LogP contribution in [0.25, 0.3) is 0 Å². The monoisotopic (exact) mass is 844 g/mol. The van der Waals surface area contributed by atoms with Crippen LogP contribution in [0.5, 0.6) is 0 Å². The fraction of sp³-hybridized carbons (Fsp3) is 0.476. The van der Waals surface area contributed by atoms with Gasteiger partial charge in [-0.1, -0.05) is 25.0 Å². The van der Waals surface area contributed by atoms with Gasteiger partial charge in [-0.25, -0.2) is 0 Å². The maximum atomic E-state index is 13.2. The van der Waals surface area contributed by atoms with Gasteiger partial charge in [0, 0.05) is 38.9 Å². The molecular formula is C42H48N6O13. The highest BCUT2D eigenvalue weighted by Crippen LogP contribution is 2.34. The van der Waals surface area contributed by atoms with Gasteiger partial charge >= 0.3 is 0 Å². The fourth-order valence-corrected chi connectivity index (χ4v) is 7.54. The van der Waals surface area contributed by atoms with Gasteiger partial charge in [0.25, 0.3) is 23.6 Å². The van der Waals surface area contributed by atoms with Gasteiger partial charge in [-0.05, 0) is 62.8 Å². The van der Waals surface area contributed by atoms with Crippen molar-refractivity contribution < 1.29 is 62.2 Å². The second-order valence-electron chi connectivity index (χ2n) is 14.9. The summed E-state index contributed by atoms with van der Waals surface area (Å²) in [5, 5.41) is 9.76. The van der Waals surface area contributed by atoms with E-state index in [2.05, 4.69) is 21.3 Å². The number of carbonyl (C=O) groups excluding carboxylic acids is 10. The molecule has 324 valence electrons. The zero-order valence-electron chi connectivity index (χ0n) is 33.5. The molecule has 0 radical (unpaired) electrons. The van der Waals surface area contributed by atoms with Crippen LogP contribution in [0.3, 0.4) is 0 Å². The molecule has 4 aliphatic heterocycles. The number of fused-ring (bicyclic) bond motifs is 2. The molecule has 2 atom stereocenters. The van der Waals surface area contributed by atoms with E-state index >= 15 is 0 Å². The summed E-state index contributed by atoms with van der Waals surface area (Å²) >= 11 is 0. The average molecular weight is 845 g/mol. The lowest BCUT2D eigenvalue weighted by molar-refractivity contribution is -0.137. The van der Waals surface area contributed by atoms with Gasteiger partial charge in [0.15, 0.2) is 0 Å². The molecule has 2 aromatic rings. The zero-order chi connectivity index (χ0) is 43.5. The third kappa shape index (κ3) is 10.8. The van der Waals surface area contributed by atoms with Crippen LogP contribution >= 0.6 is 0 Å². The summed E-state index contributed by atoms with van der Waals surface area (Å²) in [6.07, 6.45) is 4.56. The van der Waals surface area contributed by atoms with Gasteiger partial charge < -0.3 is 24.8 Å². The lowest BCUT2D eigenvalue weighted by atomic mass is 10.0. The lowest BCUT2D eigenvalue weighted by Gasteiger charge is -2.27. The number of piperidine rings is 2. The molecule has 0 saturated carbocycles. The van der Waals surface area contributed by atoms with E-state index in [4.69, 9.17) is 14.2 Å². The number of nitrogens with zero attached hydrogens (tertiary/aromatic N) is 2. The van der Waals surface area contributed by atoms with Crippen LogP contribution < -0.4 is 21.3 Å². The Hall–Kier alpha value is -6.18. The molecule has 0 bridgehead atoms. The Morgan fingerprint density at radius 3 is 1.31 bits per heavy atom. The summed E-state index contributed by atoms with van der Waals surface area (Å²) in [4.78, 5) is 127. The Labute approximate surface area is 350 Å². The number of imide groups is 4. The molecule has 0 aliphatic carbocycles. The minimum absolute atomic E-state index is 0.0120. The van der Waals surface area contributed by atoms with Crippen molar-refractivity contribution >= 4 is 70.4 Å². The number of nitrogens with one attached hydrogen (secondary N) is 4. The number of carbonyl (C=O) groups is 10. The number of ether oxygens (including phenoxy) is 3. The van der Waals surface area contributed by atoms with Crippen LogP contribution in [0.1, 0.15) is 118 Å². The van der Waals surface area contributed by atoms with Gasteiger partial charge in [0.1, 0.15) is 12.1 Å². The predicted molar refractivity (Wildman–Crippen MR) is 213 cm³/mol. The molecule has 6 rings (SSSR count). The molecule has 0 spiro atoms. The maximum Gasteiger partial charge on any atom is 0.264 e. The van der Waals surface area contributed by atoms with Crippen molar-refractivity contribution in [3.8, 4) is 0 Å². The lowest BCUT2D eigenvalue weighted by Crippen LogP contribution is -2.54. The molecule has 0 aromatic heterocycles. The molecular weight excluding hydrogens is 796 g/mol. The second-order valence-corrected chi connectivity index (χ2v) is 14.9. The second kappa shape index (κ2) is 20.9. The van der Waals surface area contributed by atoms with Crippen molar-refractivity contribution in [2.24, 2.45) is 0 Å². The van der Waals surface area contributed by atoms with Crippen molar-refractivity contribution in [1.82, 2.24) is 20.4 Å². The van der Waals surface area contributed by atoms with Crippen molar-refractivity contribution in [3.63, 3.8) is 0 Å². The molecule has 10 amide bonds. The molecule has 2 aromatic carbocycles. The van der Waals surface area contributed by atoms with Crippen molar-refractivity contribution in [3.05, 3.63) is 58.7 Å². The smallest absolute Gasteiger partial charge is 0.264 e. The Morgan fingerprint density at radius 2 is 0.918 bits per heavy atom. The minimum Gasteiger partial charge on any atom is -0.379 e. The largest absolute Gasteiger partial charge is 0.379 e. The standard InChI is InChI=1S/C42H48N6O13/c49-31(43-27-11-7-9-25-35(27)41(57)47(39(25)55)29-15-17-33(51)45-37(29)53)13-3-1-5-19-59-21-23-61-24-22-60-20-6-2-4-14-32(50)44-28-12-8-10-26-36(28)42(58)48(40(26)56)30-16-18-34(52)46-38(30)54/h7-12,29-30H,1-6,13-24H2,(H,43,49)(H,44,50)(H,45,51,53)(H,46,52,54). The van der Waals surface area contributed by atoms with Gasteiger partial charge in [-0.3, -0.25) is 68.4 Å². The van der Waals surface area contributed by atoms with Gasteiger partial charge in [-0.15, -0.1) is 0 Å². The number of rotatable bonds is 22. The summed E-state index contributed by atoms with van der Waals surface area (Å²) in [6, 6.07) is 6.92. The summed E-state index contributed by atoms with van der Waals surface area (Å²) in [5.74, 6) is -5.62. The minimum atomic E-state index is -1.09. The number of anilines is 2. The van der Waals surface area contributed by atoms with E-state index < -0.39 is 59.3 Å². The van der Waals surface area contributed by atoms with Crippen LogP contribution in [0, 0.1) is 0 Å². The summed E-state index contributed by atoms with van der Waals surface area (Å²) in [5.41, 5.74) is 0.638. The van der Waals surface area contributed by atoms with Crippen molar-refractivity contribution in [2.45, 2.75) is 89.1 Å². The quantitative estimate of drug-likeness (QED) is 0.0982.